The van der Waals surface area contributed by atoms with Crippen LogP contribution in [0.5, 0.6) is 0 Å². The number of aryl methyl sites for hydroxylation is 2. The first-order valence-electron chi connectivity index (χ1n) is 10.2. The van der Waals surface area contributed by atoms with E-state index in [1.165, 1.54) is 27.9 Å². The van der Waals surface area contributed by atoms with Crippen molar-refractivity contribution in [3.63, 3.8) is 0 Å². The number of benzene rings is 2. The Morgan fingerprint density at radius 2 is 1.77 bits per heavy atom. The van der Waals surface area contributed by atoms with E-state index < -0.39 is 0 Å². The van der Waals surface area contributed by atoms with Gasteiger partial charge in [-0.25, -0.2) is 9.97 Å². The maximum Gasteiger partial charge on any atom is 0.143 e. The van der Waals surface area contributed by atoms with E-state index >= 15 is 0 Å². The molecule has 1 fully saturated rings. The first-order valence-corrected chi connectivity index (χ1v) is 11.1. The van der Waals surface area contributed by atoms with Crippen LogP contribution in [0.1, 0.15) is 11.1 Å². The molecule has 0 spiro atoms. The first kappa shape index (κ1) is 19.0. The van der Waals surface area contributed by atoms with Crippen LogP contribution < -0.4 is 10.2 Å². The van der Waals surface area contributed by atoms with E-state index in [0.717, 1.165) is 48.0 Å². The molecule has 5 nitrogen and oxygen atoms in total. The van der Waals surface area contributed by atoms with Crippen LogP contribution in [0.2, 0.25) is 0 Å². The predicted molar refractivity (Wildman–Crippen MR) is 125 cm³/mol. The van der Waals surface area contributed by atoms with Crippen LogP contribution in [-0.2, 0) is 4.74 Å². The van der Waals surface area contributed by atoms with Gasteiger partial charge in [-0.05, 0) is 54.8 Å². The van der Waals surface area contributed by atoms with Gasteiger partial charge in [0.25, 0.3) is 0 Å². The smallest absolute Gasteiger partial charge is 0.143 e. The van der Waals surface area contributed by atoms with Gasteiger partial charge in [-0.15, -0.1) is 11.3 Å². The minimum absolute atomic E-state index is 0.790. The van der Waals surface area contributed by atoms with E-state index in [0.29, 0.717) is 0 Å². The summed E-state index contributed by atoms with van der Waals surface area (Å²) < 4.78 is 5.45. The van der Waals surface area contributed by atoms with Crippen LogP contribution >= 0.6 is 11.3 Å². The molecule has 1 aliphatic rings. The van der Waals surface area contributed by atoms with Gasteiger partial charge in [-0.3, -0.25) is 0 Å². The second-order valence-electron chi connectivity index (χ2n) is 7.62. The Morgan fingerprint density at radius 1 is 0.967 bits per heavy atom. The summed E-state index contributed by atoms with van der Waals surface area (Å²) in [6.07, 6.45) is 1.63. The summed E-state index contributed by atoms with van der Waals surface area (Å²) in [5.74, 6) is 0.841. The van der Waals surface area contributed by atoms with E-state index in [1.54, 1.807) is 17.7 Å². The molecule has 3 heterocycles. The zero-order chi connectivity index (χ0) is 20.5. The summed E-state index contributed by atoms with van der Waals surface area (Å²) in [6, 6.07) is 15.1. The highest BCUT2D eigenvalue weighted by atomic mass is 32.1. The van der Waals surface area contributed by atoms with Crippen molar-refractivity contribution < 1.29 is 4.74 Å². The Kier molecular flexibility index (Phi) is 5.11. The van der Waals surface area contributed by atoms with Gasteiger partial charge in [0.1, 0.15) is 17.0 Å². The van der Waals surface area contributed by atoms with Gasteiger partial charge in [0.2, 0.25) is 0 Å². The Bertz CT molecular complexity index is 1180. The van der Waals surface area contributed by atoms with Crippen molar-refractivity contribution in [2.75, 3.05) is 36.5 Å². The van der Waals surface area contributed by atoms with E-state index in [2.05, 4.69) is 81.9 Å². The Morgan fingerprint density at radius 3 is 2.53 bits per heavy atom. The largest absolute Gasteiger partial charge is 0.378 e. The molecule has 0 saturated carbocycles. The number of thiophene rings is 1. The van der Waals surface area contributed by atoms with Crippen LogP contribution in [0.4, 0.5) is 17.2 Å². The van der Waals surface area contributed by atoms with E-state index in [1.807, 2.05) is 0 Å². The maximum atomic E-state index is 5.45. The van der Waals surface area contributed by atoms with Gasteiger partial charge in [0.15, 0.2) is 0 Å². The van der Waals surface area contributed by atoms with Crippen LogP contribution in [0.15, 0.2) is 54.2 Å². The summed E-state index contributed by atoms with van der Waals surface area (Å²) in [6.45, 7) is 7.75. The molecule has 0 amide bonds. The zero-order valence-electron chi connectivity index (χ0n) is 17.2. The van der Waals surface area contributed by atoms with Gasteiger partial charge in [0.05, 0.1) is 18.6 Å². The third-order valence-corrected chi connectivity index (χ3v) is 6.58. The molecule has 4 aromatic rings. The van der Waals surface area contributed by atoms with Crippen molar-refractivity contribution in [2.24, 2.45) is 0 Å². The second-order valence-corrected chi connectivity index (χ2v) is 8.48. The van der Waals surface area contributed by atoms with Crippen LogP contribution in [0.3, 0.4) is 0 Å². The molecule has 5 rings (SSSR count). The average Bonchev–Trinajstić information content (AvgIpc) is 3.22. The highest BCUT2D eigenvalue weighted by molar-refractivity contribution is 7.17. The van der Waals surface area contributed by atoms with Gasteiger partial charge in [0, 0.05) is 35.4 Å². The molecule has 2 aromatic carbocycles. The number of ether oxygens (including phenoxy) is 1. The van der Waals surface area contributed by atoms with E-state index in [4.69, 9.17) is 4.74 Å². The molecule has 0 bridgehead atoms. The second kappa shape index (κ2) is 8.05. The van der Waals surface area contributed by atoms with Crippen LogP contribution in [-0.4, -0.2) is 36.3 Å². The predicted octanol–water partition coefficient (Wildman–Crippen LogP) is 5.56. The minimum Gasteiger partial charge on any atom is -0.378 e. The fourth-order valence-electron chi connectivity index (χ4n) is 3.81. The normalized spacial score (nSPS) is 14.3. The minimum atomic E-state index is 0.790. The molecule has 0 aliphatic carbocycles. The van der Waals surface area contributed by atoms with Crippen molar-refractivity contribution in [1.82, 2.24) is 9.97 Å². The third kappa shape index (κ3) is 3.64. The first-order chi connectivity index (χ1) is 14.7. The molecule has 1 N–H and O–H groups in total. The lowest BCUT2D eigenvalue weighted by Crippen LogP contribution is -2.36. The number of hydrogen-bond acceptors (Lipinski definition) is 6. The van der Waals surface area contributed by atoms with Crippen molar-refractivity contribution in [2.45, 2.75) is 13.8 Å². The molecule has 1 aliphatic heterocycles. The lowest BCUT2D eigenvalue weighted by Gasteiger charge is -2.28. The monoisotopic (exact) mass is 416 g/mol. The van der Waals surface area contributed by atoms with Crippen LogP contribution in [0, 0.1) is 13.8 Å². The third-order valence-electron chi connectivity index (χ3n) is 5.69. The lowest BCUT2D eigenvalue weighted by molar-refractivity contribution is 0.122. The van der Waals surface area contributed by atoms with Gasteiger partial charge >= 0.3 is 0 Å². The molecule has 0 unspecified atom stereocenters. The molecule has 152 valence electrons. The molecule has 6 heteroatoms. The summed E-state index contributed by atoms with van der Waals surface area (Å²) >= 11 is 1.66. The molecule has 0 atom stereocenters. The highest BCUT2D eigenvalue weighted by Gasteiger charge is 2.15. The highest BCUT2D eigenvalue weighted by Crippen LogP contribution is 2.38. The van der Waals surface area contributed by atoms with E-state index in [9.17, 15) is 0 Å². The molecule has 1 saturated heterocycles. The van der Waals surface area contributed by atoms with Crippen molar-refractivity contribution in [3.05, 3.63) is 65.3 Å². The molecular weight excluding hydrogens is 392 g/mol. The standard InChI is InChI=1S/C24H24N4OS/c1-16-3-4-18(13-17(16)2)21-14-30-24-22(21)23(25-15-26-24)27-19-5-7-20(8-6-19)28-9-11-29-12-10-28/h3-8,13-15H,9-12H2,1-2H3,(H,25,26,27). The topological polar surface area (TPSA) is 50.3 Å². The fraction of sp³-hybridized carbons (Fsp3) is 0.250. The molecule has 2 aromatic heterocycles. The van der Waals surface area contributed by atoms with Gasteiger partial charge in [-0.1, -0.05) is 18.2 Å². The summed E-state index contributed by atoms with van der Waals surface area (Å²) in [7, 11) is 0. The zero-order valence-corrected chi connectivity index (χ0v) is 18.0. The molecule has 30 heavy (non-hydrogen) atoms. The number of fused-ring (bicyclic) bond motifs is 1. The maximum absolute atomic E-state index is 5.45. The fourth-order valence-corrected chi connectivity index (χ4v) is 4.72. The summed E-state index contributed by atoms with van der Waals surface area (Å²) in [5.41, 5.74) is 7.20. The van der Waals surface area contributed by atoms with E-state index in [-0.39, 0.29) is 0 Å². The number of rotatable bonds is 4. The number of hydrogen-bond donors (Lipinski definition) is 1. The van der Waals surface area contributed by atoms with Crippen LogP contribution in [0.25, 0.3) is 21.3 Å². The number of nitrogens with one attached hydrogen (secondary N) is 1. The quantitative estimate of drug-likeness (QED) is 0.472. The number of morpholine rings is 1. The molecular formula is C24H24N4OS. The number of nitrogens with zero attached hydrogens (tertiary/aromatic N) is 3. The Labute approximate surface area is 180 Å². The number of anilines is 3. The lowest BCUT2D eigenvalue weighted by atomic mass is 10.0. The Hall–Kier alpha value is -2.96. The van der Waals surface area contributed by atoms with Crippen molar-refractivity contribution in [3.8, 4) is 11.1 Å². The van der Waals surface area contributed by atoms with Crippen molar-refractivity contribution >= 4 is 38.7 Å². The SMILES string of the molecule is Cc1ccc(-c2csc3ncnc(Nc4ccc(N5CCOCC5)cc4)c23)cc1C. The Balaban J connectivity index is 1.47. The van der Waals surface area contributed by atoms with Gasteiger partial charge < -0.3 is 15.0 Å². The van der Waals surface area contributed by atoms with Crippen molar-refractivity contribution in [1.29, 1.82) is 0 Å². The van der Waals surface area contributed by atoms with Gasteiger partial charge in [-0.2, -0.15) is 0 Å². The summed E-state index contributed by atoms with van der Waals surface area (Å²) in [5, 5.41) is 6.76. The molecule has 0 radical (unpaired) electrons. The number of aromatic nitrogens is 2. The average molecular weight is 417 g/mol. The summed E-state index contributed by atoms with van der Waals surface area (Å²) in [4.78, 5) is 12.4.